The largest absolute Gasteiger partial charge is 0.489 e. The number of fused-ring (bicyclic) bond motifs is 1. The van der Waals surface area contributed by atoms with Crippen LogP contribution in [0.3, 0.4) is 0 Å². The van der Waals surface area contributed by atoms with Crippen LogP contribution in [0.25, 0.3) is 10.9 Å². The summed E-state index contributed by atoms with van der Waals surface area (Å²) >= 11 is 5.02. The van der Waals surface area contributed by atoms with Crippen LogP contribution >= 0.6 is 12.2 Å². The van der Waals surface area contributed by atoms with Crippen molar-refractivity contribution in [2.24, 2.45) is 0 Å². The number of amides is 2. The van der Waals surface area contributed by atoms with Gasteiger partial charge in [0.25, 0.3) is 5.91 Å². The average molecular weight is 437 g/mol. The lowest BCUT2D eigenvalue weighted by molar-refractivity contribution is -0.110. The molecule has 0 atom stereocenters. The van der Waals surface area contributed by atoms with Gasteiger partial charge in [0.2, 0.25) is 6.41 Å². The zero-order valence-electron chi connectivity index (χ0n) is 17.4. The summed E-state index contributed by atoms with van der Waals surface area (Å²) in [6.45, 7) is 4.83. The van der Waals surface area contributed by atoms with E-state index in [2.05, 4.69) is 34.1 Å². The fourth-order valence-electron chi connectivity index (χ4n) is 3.12. The Hall–Kier alpha value is -3.52. The van der Waals surface area contributed by atoms with Gasteiger partial charge in [-0.3, -0.25) is 25.4 Å². The predicted octanol–water partition coefficient (Wildman–Crippen LogP) is 3.13. The third-order valence-electron chi connectivity index (χ3n) is 4.92. The number of aromatic nitrogens is 1. The van der Waals surface area contributed by atoms with Gasteiger partial charge in [0.15, 0.2) is 0 Å². The van der Waals surface area contributed by atoms with Crippen molar-refractivity contribution in [3.05, 3.63) is 70.9 Å². The summed E-state index contributed by atoms with van der Waals surface area (Å²) in [5.41, 5.74) is 9.49. The van der Waals surface area contributed by atoms with E-state index in [-0.39, 0.29) is 5.91 Å². The van der Waals surface area contributed by atoms with Gasteiger partial charge in [-0.05, 0) is 49.7 Å². The minimum atomic E-state index is -0.204. The number of carbonyl (C=O) groups is 2. The lowest BCUT2D eigenvalue weighted by atomic mass is 10.0. The van der Waals surface area contributed by atoms with Gasteiger partial charge in [0, 0.05) is 35.2 Å². The molecule has 3 rings (SSSR count). The van der Waals surface area contributed by atoms with Gasteiger partial charge >= 0.3 is 0 Å². The number of benzene rings is 2. The molecular weight excluding hydrogens is 412 g/mol. The average Bonchev–Trinajstić information content (AvgIpc) is 2.78. The van der Waals surface area contributed by atoms with Gasteiger partial charge in [-0.15, -0.1) is 0 Å². The second-order valence-electron chi connectivity index (χ2n) is 6.95. The molecule has 8 heteroatoms. The van der Waals surface area contributed by atoms with Crippen molar-refractivity contribution in [2.45, 2.75) is 26.9 Å². The molecule has 31 heavy (non-hydrogen) atoms. The molecule has 0 spiro atoms. The van der Waals surface area contributed by atoms with Crippen molar-refractivity contribution in [1.29, 1.82) is 0 Å². The number of nitrogens with zero attached hydrogens (tertiary/aromatic N) is 1. The van der Waals surface area contributed by atoms with Crippen LogP contribution in [0.15, 0.2) is 48.5 Å². The fourth-order valence-corrected chi connectivity index (χ4v) is 3.28. The molecule has 0 aliphatic carbocycles. The molecule has 1 heterocycles. The molecule has 0 saturated carbocycles. The fraction of sp³-hybridized carbons (Fsp3) is 0.217. The first-order valence-electron chi connectivity index (χ1n) is 9.83. The Kier molecular flexibility index (Phi) is 7.50. The molecule has 3 aromatic rings. The van der Waals surface area contributed by atoms with E-state index in [1.807, 2.05) is 25.1 Å². The van der Waals surface area contributed by atoms with Gasteiger partial charge in [-0.25, -0.2) is 0 Å². The van der Waals surface area contributed by atoms with Crippen LogP contribution in [0.1, 0.15) is 33.6 Å². The summed E-state index contributed by atoms with van der Waals surface area (Å²) in [7, 11) is 0. The Morgan fingerprint density at radius 2 is 1.87 bits per heavy atom. The topological polar surface area (TPSA) is 92.3 Å². The smallest absolute Gasteiger partial charge is 0.251 e. The maximum atomic E-state index is 12.3. The number of para-hydroxylation sites is 1. The summed E-state index contributed by atoms with van der Waals surface area (Å²) in [6.07, 6.45) is 0.913. The molecule has 0 fully saturated rings. The van der Waals surface area contributed by atoms with Crippen molar-refractivity contribution >= 4 is 40.4 Å². The van der Waals surface area contributed by atoms with E-state index in [4.69, 9.17) is 17.0 Å². The monoisotopic (exact) mass is 436 g/mol. The lowest BCUT2D eigenvalue weighted by Crippen LogP contribution is -2.37. The SMILES string of the molecule is Cc1nc2ccccc2c(COc2ccc(C(=O)NCCC(=S)NNC=O)cc2)c1C. The molecule has 0 unspecified atom stereocenters. The number of hydrazine groups is 1. The molecule has 0 aliphatic rings. The number of hydrogen-bond donors (Lipinski definition) is 3. The third-order valence-corrected chi connectivity index (χ3v) is 5.23. The van der Waals surface area contributed by atoms with E-state index in [1.54, 1.807) is 24.3 Å². The first-order chi connectivity index (χ1) is 15.0. The molecule has 0 bridgehead atoms. The first-order valence-corrected chi connectivity index (χ1v) is 10.2. The Balaban J connectivity index is 1.58. The van der Waals surface area contributed by atoms with Gasteiger partial charge in [-0.1, -0.05) is 30.4 Å². The number of ether oxygens (including phenoxy) is 1. The Bertz CT molecular complexity index is 1100. The van der Waals surface area contributed by atoms with Gasteiger partial charge in [0.1, 0.15) is 12.4 Å². The summed E-state index contributed by atoms with van der Waals surface area (Å²) < 4.78 is 6.00. The van der Waals surface area contributed by atoms with Gasteiger partial charge < -0.3 is 10.1 Å². The van der Waals surface area contributed by atoms with Crippen LogP contribution in [-0.2, 0) is 11.4 Å². The van der Waals surface area contributed by atoms with Crippen LogP contribution in [0.4, 0.5) is 0 Å². The maximum Gasteiger partial charge on any atom is 0.251 e. The molecule has 1 aromatic heterocycles. The summed E-state index contributed by atoms with van der Waals surface area (Å²) in [4.78, 5) is 27.5. The highest BCUT2D eigenvalue weighted by atomic mass is 32.1. The Labute approximate surface area is 186 Å². The lowest BCUT2D eigenvalue weighted by Gasteiger charge is -2.14. The highest BCUT2D eigenvalue weighted by Gasteiger charge is 2.11. The van der Waals surface area contributed by atoms with Gasteiger partial charge in [-0.2, -0.15) is 0 Å². The van der Waals surface area contributed by atoms with Gasteiger partial charge in [0.05, 0.1) is 10.5 Å². The molecule has 160 valence electrons. The number of nitrogens with one attached hydrogen (secondary N) is 3. The maximum absolute atomic E-state index is 12.3. The Morgan fingerprint density at radius 1 is 1.13 bits per heavy atom. The van der Waals surface area contributed by atoms with Crippen LogP contribution in [0.2, 0.25) is 0 Å². The second kappa shape index (κ2) is 10.5. The van der Waals surface area contributed by atoms with E-state index in [9.17, 15) is 9.59 Å². The highest BCUT2D eigenvalue weighted by molar-refractivity contribution is 7.80. The predicted molar refractivity (Wildman–Crippen MR) is 124 cm³/mol. The third kappa shape index (κ3) is 5.76. The Morgan fingerprint density at radius 3 is 2.61 bits per heavy atom. The summed E-state index contributed by atoms with van der Waals surface area (Å²) in [6, 6.07) is 15.0. The second-order valence-corrected chi connectivity index (χ2v) is 7.44. The van der Waals surface area contributed by atoms with E-state index in [1.165, 1.54) is 0 Å². The minimum absolute atomic E-state index is 0.204. The van der Waals surface area contributed by atoms with E-state index in [0.717, 1.165) is 27.7 Å². The van der Waals surface area contributed by atoms with Crippen LogP contribution in [-0.4, -0.2) is 28.8 Å². The van der Waals surface area contributed by atoms with E-state index >= 15 is 0 Å². The number of hydrogen-bond acceptors (Lipinski definition) is 5. The molecular formula is C23H24N4O3S. The number of aryl methyl sites for hydroxylation is 1. The standard InChI is InChI=1S/C23H24N4O3S/c1-15-16(2)26-21-6-4-3-5-19(21)20(15)13-30-18-9-7-17(8-10-18)23(29)24-12-11-22(31)27-25-14-28/h3-10,14H,11-13H2,1-2H3,(H,24,29)(H,25,28)(H,27,31). The number of rotatable bonds is 9. The number of carbonyl (C=O) groups excluding carboxylic acids is 2. The number of pyridine rings is 1. The normalized spacial score (nSPS) is 10.4. The van der Waals surface area contributed by atoms with E-state index < -0.39 is 0 Å². The molecule has 3 N–H and O–H groups in total. The zero-order valence-corrected chi connectivity index (χ0v) is 18.2. The van der Waals surface area contributed by atoms with Crippen molar-refractivity contribution in [1.82, 2.24) is 21.2 Å². The van der Waals surface area contributed by atoms with Crippen molar-refractivity contribution in [3.63, 3.8) is 0 Å². The van der Waals surface area contributed by atoms with E-state index in [0.29, 0.717) is 42.3 Å². The van der Waals surface area contributed by atoms with Crippen LogP contribution < -0.4 is 20.9 Å². The van der Waals surface area contributed by atoms with Crippen molar-refractivity contribution in [3.8, 4) is 5.75 Å². The van der Waals surface area contributed by atoms with Crippen molar-refractivity contribution < 1.29 is 14.3 Å². The molecule has 0 saturated heterocycles. The first kappa shape index (κ1) is 22.2. The zero-order chi connectivity index (χ0) is 22.2. The summed E-state index contributed by atoms with van der Waals surface area (Å²) in [5.74, 6) is 0.476. The van der Waals surface area contributed by atoms with Crippen LogP contribution in [0.5, 0.6) is 5.75 Å². The van der Waals surface area contributed by atoms with Crippen molar-refractivity contribution in [2.75, 3.05) is 6.54 Å². The summed E-state index contributed by atoms with van der Waals surface area (Å²) in [5, 5.41) is 3.87. The molecule has 0 radical (unpaired) electrons. The highest BCUT2D eigenvalue weighted by Crippen LogP contribution is 2.24. The molecule has 0 aliphatic heterocycles. The quantitative estimate of drug-likeness (QED) is 0.271. The minimum Gasteiger partial charge on any atom is -0.489 e. The number of thiocarbonyl (C=S) groups is 1. The molecule has 7 nitrogen and oxygen atoms in total. The van der Waals surface area contributed by atoms with Crippen LogP contribution in [0, 0.1) is 13.8 Å². The molecule has 2 aromatic carbocycles. The molecule has 2 amide bonds.